The monoisotopic (exact) mass is 1320 g/mol. The molecule has 8 nitrogen and oxygen atoms in total. The van der Waals surface area contributed by atoms with Crippen LogP contribution in [0.2, 0.25) is 0 Å². The van der Waals surface area contributed by atoms with Crippen LogP contribution in [0.5, 0.6) is 0 Å². The molecule has 0 bridgehead atoms. The molecule has 9 heteroatoms. The number of likely N-dealkylation sites (N-methyl/N-ethyl adjacent to an activating group) is 1. The van der Waals surface area contributed by atoms with Crippen molar-refractivity contribution in [3.8, 4) is 0 Å². The van der Waals surface area contributed by atoms with Gasteiger partial charge in [-0.15, -0.1) is 0 Å². The molecular weight excluding hydrogens is 1150 g/mol. The molecule has 0 aliphatic carbocycles. The molecule has 0 saturated heterocycles. The van der Waals surface area contributed by atoms with Gasteiger partial charge in [-0.25, -0.2) is 4.57 Å². The largest absolute Gasteiger partial charge is 0.472 e. The number of aliphatic hydroxyl groups excluding tert-OH is 1. The topological polar surface area (TPSA) is 105 Å². The Hall–Kier alpha value is -1.28. The molecular formula is C83H164N2O6P+. The summed E-state index contributed by atoms with van der Waals surface area (Å²) >= 11 is 0. The van der Waals surface area contributed by atoms with Gasteiger partial charge < -0.3 is 19.8 Å². The van der Waals surface area contributed by atoms with Gasteiger partial charge >= 0.3 is 7.82 Å². The number of carbonyl (C=O) groups is 1. The standard InChI is InChI=1S/C83H163N2O6P/c1-6-8-10-12-14-16-18-20-22-24-26-28-30-32-34-36-38-39-40-41-42-43-44-45-47-49-51-53-55-57-59-61-63-65-67-69-71-73-75-77-83(87)84-81(80-91-92(88,89)90-79-78-85(3,4)5)82(86)76-74-72-70-68-66-64-62-60-58-56-54-52-50-48-46-37-35-33-31-29-27-25-23-21-19-17-15-13-11-9-7-2/h18,20,24,26,74,76,81-82,86H,6-17,19,21-23,25,27-73,75,77-80H2,1-5H3,(H-,84,87,88,89)/p+1/b20-18-,26-24-,76-74+. The Morgan fingerprint density at radius 2 is 0.620 bits per heavy atom. The van der Waals surface area contributed by atoms with E-state index >= 15 is 0 Å². The van der Waals surface area contributed by atoms with E-state index in [1.807, 2.05) is 27.2 Å². The van der Waals surface area contributed by atoms with Gasteiger partial charge in [-0.05, 0) is 51.4 Å². The highest BCUT2D eigenvalue weighted by Crippen LogP contribution is 2.43. The van der Waals surface area contributed by atoms with Crippen molar-refractivity contribution in [1.82, 2.24) is 5.32 Å². The quantitative estimate of drug-likeness (QED) is 0.0243. The summed E-state index contributed by atoms with van der Waals surface area (Å²) in [4.78, 5) is 23.5. The van der Waals surface area contributed by atoms with Crippen LogP contribution in [0.4, 0.5) is 0 Å². The van der Waals surface area contributed by atoms with Crippen LogP contribution in [0.1, 0.15) is 438 Å². The number of hydrogen-bond donors (Lipinski definition) is 3. The number of amides is 1. The van der Waals surface area contributed by atoms with Gasteiger partial charge in [0, 0.05) is 6.42 Å². The summed E-state index contributed by atoms with van der Waals surface area (Å²) in [6.45, 7) is 4.88. The molecule has 546 valence electrons. The normalized spacial score (nSPS) is 13.6. The first kappa shape index (κ1) is 90.7. The lowest BCUT2D eigenvalue weighted by Crippen LogP contribution is -2.45. The van der Waals surface area contributed by atoms with Crippen molar-refractivity contribution >= 4 is 13.7 Å². The van der Waals surface area contributed by atoms with Crippen LogP contribution in [-0.2, 0) is 18.4 Å². The van der Waals surface area contributed by atoms with Crippen LogP contribution in [0.15, 0.2) is 36.5 Å². The van der Waals surface area contributed by atoms with Crippen molar-refractivity contribution in [2.24, 2.45) is 0 Å². The van der Waals surface area contributed by atoms with Crippen LogP contribution in [0.25, 0.3) is 0 Å². The Kier molecular flexibility index (Phi) is 72.9. The van der Waals surface area contributed by atoms with E-state index in [4.69, 9.17) is 9.05 Å². The van der Waals surface area contributed by atoms with E-state index < -0.39 is 20.0 Å². The van der Waals surface area contributed by atoms with Gasteiger partial charge in [0.05, 0.1) is 39.9 Å². The molecule has 0 aliphatic rings. The first-order chi connectivity index (χ1) is 45.0. The Bertz CT molecular complexity index is 1600. The molecule has 0 aliphatic heterocycles. The van der Waals surface area contributed by atoms with Gasteiger partial charge in [-0.2, -0.15) is 0 Å². The number of rotatable bonds is 78. The second-order valence-electron chi connectivity index (χ2n) is 29.9. The third kappa shape index (κ3) is 76.1. The third-order valence-electron chi connectivity index (χ3n) is 19.4. The first-order valence-corrected chi connectivity index (χ1v) is 42.9. The highest BCUT2D eigenvalue weighted by Gasteiger charge is 2.28. The van der Waals surface area contributed by atoms with Gasteiger partial charge in [0.1, 0.15) is 13.2 Å². The van der Waals surface area contributed by atoms with Gasteiger partial charge in [-0.1, -0.05) is 416 Å². The summed E-state index contributed by atoms with van der Waals surface area (Å²) < 4.78 is 23.9. The molecule has 0 radical (unpaired) electrons. The Morgan fingerprint density at radius 1 is 0.370 bits per heavy atom. The number of allylic oxidation sites excluding steroid dienone is 5. The molecule has 3 N–H and O–H groups in total. The highest BCUT2D eigenvalue weighted by molar-refractivity contribution is 7.47. The smallest absolute Gasteiger partial charge is 0.387 e. The van der Waals surface area contributed by atoms with Gasteiger partial charge in [0.2, 0.25) is 5.91 Å². The molecule has 0 saturated carbocycles. The Balaban J connectivity index is 3.91. The summed E-state index contributed by atoms with van der Waals surface area (Å²) in [7, 11) is 1.60. The zero-order valence-corrected chi connectivity index (χ0v) is 63.7. The van der Waals surface area contributed by atoms with Crippen LogP contribution < -0.4 is 5.32 Å². The zero-order valence-electron chi connectivity index (χ0n) is 62.8. The summed E-state index contributed by atoms with van der Waals surface area (Å²) in [5, 5.41) is 14.1. The molecule has 0 aromatic carbocycles. The van der Waals surface area contributed by atoms with E-state index in [1.54, 1.807) is 6.08 Å². The molecule has 0 aromatic rings. The number of phosphoric acid groups is 1. The van der Waals surface area contributed by atoms with E-state index in [0.29, 0.717) is 17.4 Å². The molecule has 0 fully saturated rings. The number of nitrogens with zero attached hydrogens (tertiary/aromatic N) is 1. The summed E-state index contributed by atoms with van der Waals surface area (Å²) in [5.74, 6) is -0.166. The van der Waals surface area contributed by atoms with Crippen molar-refractivity contribution in [3.05, 3.63) is 36.5 Å². The van der Waals surface area contributed by atoms with Crippen molar-refractivity contribution in [1.29, 1.82) is 0 Å². The molecule has 1 amide bonds. The van der Waals surface area contributed by atoms with Crippen molar-refractivity contribution < 1.29 is 32.9 Å². The minimum absolute atomic E-state index is 0.0645. The number of nitrogens with one attached hydrogen (secondary N) is 1. The van der Waals surface area contributed by atoms with Crippen LogP contribution in [0, 0.1) is 0 Å². The number of quaternary nitrogens is 1. The maximum atomic E-state index is 13.1. The molecule has 3 unspecified atom stereocenters. The predicted molar refractivity (Wildman–Crippen MR) is 406 cm³/mol. The summed E-state index contributed by atoms with van der Waals surface area (Å²) in [6.07, 6.45) is 101. The molecule has 0 spiro atoms. The maximum absolute atomic E-state index is 13.1. The van der Waals surface area contributed by atoms with E-state index in [-0.39, 0.29) is 19.1 Å². The molecule has 0 aromatic heterocycles. The SMILES string of the molecule is CCCCCCC/C=C\C/C=C\CCCCCCCCCCCCCCCCCCCCCCCCCCCCCC(=O)NC(COP(=O)(O)OCC[N+](C)(C)C)C(O)/C=C/CCCCCCCCCCCCCCCCCCCCCCCCCCCCCCC. The van der Waals surface area contributed by atoms with E-state index in [1.165, 1.54) is 379 Å². The lowest BCUT2D eigenvalue weighted by Gasteiger charge is -2.25. The van der Waals surface area contributed by atoms with Crippen LogP contribution >= 0.6 is 7.82 Å². The van der Waals surface area contributed by atoms with E-state index in [0.717, 1.165) is 38.5 Å². The number of carbonyl (C=O) groups excluding carboxylic acids is 1. The van der Waals surface area contributed by atoms with Crippen LogP contribution in [-0.4, -0.2) is 73.4 Å². The maximum Gasteiger partial charge on any atom is 0.472 e. The fourth-order valence-electron chi connectivity index (χ4n) is 13.0. The van der Waals surface area contributed by atoms with Gasteiger partial charge in [0.25, 0.3) is 0 Å². The van der Waals surface area contributed by atoms with E-state index in [9.17, 15) is 19.4 Å². The van der Waals surface area contributed by atoms with Crippen molar-refractivity contribution in [2.75, 3.05) is 40.9 Å². The summed E-state index contributed by atoms with van der Waals surface area (Å²) in [5.41, 5.74) is 0. The molecule has 92 heavy (non-hydrogen) atoms. The minimum Gasteiger partial charge on any atom is -0.387 e. The van der Waals surface area contributed by atoms with Gasteiger partial charge in [0.15, 0.2) is 0 Å². The number of hydrogen-bond acceptors (Lipinski definition) is 5. The zero-order chi connectivity index (χ0) is 66.9. The lowest BCUT2D eigenvalue weighted by molar-refractivity contribution is -0.870. The molecule has 0 rings (SSSR count). The fourth-order valence-corrected chi connectivity index (χ4v) is 13.7. The van der Waals surface area contributed by atoms with Crippen molar-refractivity contribution in [3.63, 3.8) is 0 Å². The average Bonchev–Trinajstić information content (AvgIpc) is 2.63. The average molecular weight is 1320 g/mol. The van der Waals surface area contributed by atoms with E-state index in [2.05, 4.69) is 43.5 Å². The Labute approximate surface area is 576 Å². The highest BCUT2D eigenvalue weighted by atomic mass is 31.2. The first-order valence-electron chi connectivity index (χ1n) is 41.4. The lowest BCUT2D eigenvalue weighted by atomic mass is 10.0. The third-order valence-corrected chi connectivity index (χ3v) is 20.3. The fraction of sp³-hybridized carbons (Fsp3) is 0.916. The van der Waals surface area contributed by atoms with Gasteiger partial charge in [-0.3, -0.25) is 13.8 Å². The second-order valence-corrected chi connectivity index (χ2v) is 31.3. The van der Waals surface area contributed by atoms with Crippen molar-refractivity contribution in [2.45, 2.75) is 450 Å². The molecule has 0 heterocycles. The Morgan fingerprint density at radius 3 is 0.891 bits per heavy atom. The summed E-state index contributed by atoms with van der Waals surface area (Å²) in [6, 6.07) is -0.847. The number of phosphoric ester groups is 1. The predicted octanol–water partition coefficient (Wildman–Crippen LogP) is 27.1. The van der Waals surface area contributed by atoms with Crippen LogP contribution in [0.3, 0.4) is 0 Å². The second kappa shape index (κ2) is 74.0. The molecule has 3 atom stereocenters. The minimum atomic E-state index is -4.36. The number of aliphatic hydroxyl groups is 1. The number of unbranched alkanes of at least 4 members (excludes halogenated alkanes) is 61.